The third-order valence-electron chi connectivity index (χ3n) is 3.85. The summed E-state index contributed by atoms with van der Waals surface area (Å²) in [5, 5.41) is 0. The molecule has 1 fully saturated rings. The van der Waals surface area contributed by atoms with Crippen molar-refractivity contribution in [1.29, 1.82) is 0 Å². The van der Waals surface area contributed by atoms with E-state index >= 15 is 0 Å². The van der Waals surface area contributed by atoms with Gasteiger partial charge in [-0.15, -0.1) is 0 Å². The van der Waals surface area contributed by atoms with Crippen LogP contribution in [0.15, 0.2) is 24.3 Å². The Labute approximate surface area is 141 Å². The van der Waals surface area contributed by atoms with E-state index < -0.39 is 23.7 Å². The number of hydrogen-bond acceptors (Lipinski definition) is 4. The molecule has 1 saturated heterocycles. The Bertz CT molecular complexity index is 594. The SMILES string of the molecule is CCOC(=O)[C@@H]1[C@@H](c2ccc(F)cc2)CCN1C(=O)OC(C)(C)C. The van der Waals surface area contributed by atoms with Crippen molar-refractivity contribution in [1.82, 2.24) is 4.90 Å². The maximum absolute atomic E-state index is 13.2. The molecule has 0 bridgehead atoms. The van der Waals surface area contributed by atoms with E-state index in [9.17, 15) is 14.0 Å². The minimum atomic E-state index is -0.759. The van der Waals surface area contributed by atoms with Gasteiger partial charge in [0.05, 0.1) is 6.61 Å². The molecule has 6 heteroatoms. The molecule has 1 heterocycles. The van der Waals surface area contributed by atoms with Crippen LogP contribution >= 0.6 is 0 Å². The normalized spacial score (nSPS) is 20.8. The van der Waals surface area contributed by atoms with Gasteiger partial charge in [0.15, 0.2) is 0 Å². The molecule has 0 aromatic heterocycles. The Morgan fingerprint density at radius 1 is 1.25 bits per heavy atom. The van der Waals surface area contributed by atoms with E-state index in [2.05, 4.69) is 0 Å². The van der Waals surface area contributed by atoms with Gasteiger partial charge >= 0.3 is 12.1 Å². The highest BCUT2D eigenvalue weighted by Crippen LogP contribution is 2.35. The van der Waals surface area contributed by atoms with E-state index in [1.165, 1.54) is 17.0 Å². The number of ether oxygens (including phenoxy) is 2. The molecule has 132 valence electrons. The Morgan fingerprint density at radius 3 is 2.42 bits per heavy atom. The summed E-state index contributed by atoms with van der Waals surface area (Å²) >= 11 is 0. The number of nitrogens with zero attached hydrogens (tertiary/aromatic N) is 1. The fourth-order valence-corrected chi connectivity index (χ4v) is 2.90. The lowest BCUT2D eigenvalue weighted by molar-refractivity contribution is -0.148. The van der Waals surface area contributed by atoms with Crippen LogP contribution in [-0.4, -0.2) is 41.8 Å². The van der Waals surface area contributed by atoms with E-state index in [4.69, 9.17) is 9.47 Å². The Morgan fingerprint density at radius 2 is 1.88 bits per heavy atom. The Balaban J connectivity index is 2.27. The average Bonchev–Trinajstić information content (AvgIpc) is 2.91. The molecule has 24 heavy (non-hydrogen) atoms. The number of benzene rings is 1. The first kappa shape index (κ1) is 18.2. The van der Waals surface area contributed by atoms with Gasteiger partial charge in [0.2, 0.25) is 0 Å². The fourth-order valence-electron chi connectivity index (χ4n) is 2.90. The first-order valence-electron chi connectivity index (χ1n) is 8.14. The molecule has 1 aromatic rings. The van der Waals surface area contributed by atoms with Crippen molar-refractivity contribution in [2.24, 2.45) is 0 Å². The second-order valence-corrected chi connectivity index (χ2v) is 6.82. The predicted octanol–water partition coefficient (Wildman–Crippen LogP) is 3.48. The summed E-state index contributed by atoms with van der Waals surface area (Å²) < 4.78 is 23.7. The van der Waals surface area contributed by atoms with E-state index in [-0.39, 0.29) is 18.3 Å². The van der Waals surface area contributed by atoms with Gasteiger partial charge in [0, 0.05) is 12.5 Å². The van der Waals surface area contributed by atoms with Crippen LogP contribution in [0.4, 0.5) is 9.18 Å². The highest BCUT2D eigenvalue weighted by Gasteiger charge is 2.45. The lowest BCUT2D eigenvalue weighted by Gasteiger charge is -2.29. The number of likely N-dealkylation sites (tertiary alicyclic amines) is 1. The number of halogens is 1. The summed E-state index contributed by atoms with van der Waals surface area (Å²) in [5.41, 5.74) is 0.157. The van der Waals surface area contributed by atoms with Gasteiger partial charge in [0.1, 0.15) is 17.5 Å². The highest BCUT2D eigenvalue weighted by molar-refractivity contribution is 5.83. The van der Waals surface area contributed by atoms with Crippen molar-refractivity contribution in [3.8, 4) is 0 Å². The van der Waals surface area contributed by atoms with E-state index in [1.807, 2.05) is 0 Å². The Kier molecular flexibility index (Phi) is 5.47. The molecule has 0 unspecified atom stereocenters. The van der Waals surface area contributed by atoms with Crippen LogP contribution < -0.4 is 0 Å². The molecule has 1 amide bonds. The van der Waals surface area contributed by atoms with Gasteiger partial charge < -0.3 is 9.47 Å². The minimum Gasteiger partial charge on any atom is -0.464 e. The monoisotopic (exact) mass is 337 g/mol. The van der Waals surface area contributed by atoms with E-state index in [0.29, 0.717) is 13.0 Å². The third-order valence-corrected chi connectivity index (χ3v) is 3.85. The second kappa shape index (κ2) is 7.20. The van der Waals surface area contributed by atoms with Gasteiger partial charge in [-0.25, -0.2) is 14.0 Å². The second-order valence-electron chi connectivity index (χ2n) is 6.82. The molecule has 0 saturated carbocycles. The summed E-state index contributed by atoms with van der Waals surface area (Å²) in [7, 11) is 0. The molecule has 1 aliphatic rings. The quantitative estimate of drug-likeness (QED) is 0.793. The van der Waals surface area contributed by atoms with Crippen LogP contribution in [0.25, 0.3) is 0 Å². The number of amides is 1. The molecule has 1 aliphatic heterocycles. The van der Waals surface area contributed by atoms with Gasteiger partial charge in [-0.1, -0.05) is 12.1 Å². The summed E-state index contributed by atoms with van der Waals surface area (Å²) in [4.78, 5) is 26.3. The number of carbonyl (C=O) groups excluding carboxylic acids is 2. The van der Waals surface area contributed by atoms with Crippen molar-refractivity contribution >= 4 is 12.1 Å². The van der Waals surface area contributed by atoms with Gasteiger partial charge in [0.25, 0.3) is 0 Å². The summed E-state index contributed by atoms with van der Waals surface area (Å²) in [6.07, 6.45) is 0.0547. The van der Waals surface area contributed by atoms with Crippen LogP contribution in [0, 0.1) is 5.82 Å². The van der Waals surface area contributed by atoms with Crippen molar-refractivity contribution in [2.75, 3.05) is 13.2 Å². The third kappa shape index (κ3) is 4.24. The van der Waals surface area contributed by atoms with Crippen LogP contribution in [0.1, 0.15) is 45.6 Å². The topological polar surface area (TPSA) is 55.8 Å². The lowest BCUT2D eigenvalue weighted by Crippen LogP contribution is -2.45. The molecular formula is C18H24FNO4. The molecule has 2 rings (SSSR count). The number of esters is 1. The lowest BCUT2D eigenvalue weighted by atomic mass is 9.91. The van der Waals surface area contributed by atoms with Crippen molar-refractivity contribution in [3.63, 3.8) is 0 Å². The number of hydrogen-bond donors (Lipinski definition) is 0. The first-order valence-corrected chi connectivity index (χ1v) is 8.14. The van der Waals surface area contributed by atoms with Gasteiger partial charge in [-0.05, 0) is 51.8 Å². The zero-order valence-corrected chi connectivity index (χ0v) is 14.5. The predicted molar refractivity (Wildman–Crippen MR) is 87.1 cm³/mol. The molecule has 1 aromatic carbocycles. The van der Waals surface area contributed by atoms with Crippen LogP contribution in [0.2, 0.25) is 0 Å². The standard InChI is InChI=1S/C18H24FNO4/c1-5-23-16(21)15-14(12-6-8-13(19)9-7-12)10-11-20(15)17(22)24-18(2,3)4/h6-9,14-15H,5,10-11H2,1-4H3/t14-,15+/m1/s1. The molecule has 2 atom stereocenters. The van der Waals surface area contributed by atoms with Gasteiger partial charge in [-0.3, -0.25) is 4.90 Å². The highest BCUT2D eigenvalue weighted by atomic mass is 19.1. The maximum atomic E-state index is 13.2. The molecular weight excluding hydrogens is 313 g/mol. The molecule has 5 nitrogen and oxygen atoms in total. The van der Waals surface area contributed by atoms with E-state index in [1.54, 1.807) is 39.8 Å². The first-order chi connectivity index (χ1) is 11.2. The zero-order valence-electron chi connectivity index (χ0n) is 14.5. The summed E-state index contributed by atoms with van der Waals surface area (Å²) in [6, 6.07) is 5.24. The molecule has 0 aliphatic carbocycles. The molecule has 0 N–H and O–H groups in total. The smallest absolute Gasteiger partial charge is 0.411 e. The van der Waals surface area contributed by atoms with Crippen LogP contribution in [0.3, 0.4) is 0 Å². The van der Waals surface area contributed by atoms with E-state index in [0.717, 1.165) is 5.56 Å². The van der Waals surface area contributed by atoms with Crippen molar-refractivity contribution < 1.29 is 23.5 Å². The van der Waals surface area contributed by atoms with Crippen molar-refractivity contribution in [2.45, 2.75) is 51.7 Å². The van der Waals surface area contributed by atoms with Crippen LogP contribution in [0.5, 0.6) is 0 Å². The molecule has 0 radical (unpaired) electrons. The van der Waals surface area contributed by atoms with Gasteiger partial charge in [-0.2, -0.15) is 0 Å². The molecule has 0 spiro atoms. The average molecular weight is 337 g/mol. The largest absolute Gasteiger partial charge is 0.464 e. The number of rotatable bonds is 3. The van der Waals surface area contributed by atoms with Crippen molar-refractivity contribution in [3.05, 3.63) is 35.6 Å². The maximum Gasteiger partial charge on any atom is 0.411 e. The Hall–Kier alpha value is -2.11. The summed E-state index contributed by atoms with van der Waals surface area (Å²) in [5.74, 6) is -1.04. The summed E-state index contributed by atoms with van der Waals surface area (Å²) in [6.45, 7) is 7.67. The minimum absolute atomic E-state index is 0.230. The fraction of sp³-hybridized carbons (Fsp3) is 0.556. The number of carbonyl (C=O) groups is 2. The van der Waals surface area contributed by atoms with Crippen LogP contribution in [-0.2, 0) is 14.3 Å². The zero-order chi connectivity index (χ0) is 17.9.